The van der Waals surface area contributed by atoms with Gasteiger partial charge in [0.25, 0.3) is 5.91 Å². The summed E-state index contributed by atoms with van der Waals surface area (Å²) in [5.74, 6) is 0.447. The number of thioether (sulfide) groups is 1. The minimum absolute atomic E-state index is 0.198. The van der Waals surface area contributed by atoms with Gasteiger partial charge in [-0.15, -0.1) is 11.8 Å². The van der Waals surface area contributed by atoms with E-state index in [1.807, 2.05) is 43.6 Å². The van der Waals surface area contributed by atoms with Crippen LogP contribution in [-0.4, -0.2) is 27.6 Å². The van der Waals surface area contributed by atoms with Crippen LogP contribution in [0.2, 0.25) is 5.15 Å². The molecule has 0 bridgehead atoms. The zero-order chi connectivity index (χ0) is 19.4. The molecule has 1 atom stereocenters. The molecule has 140 valence electrons. The van der Waals surface area contributed by atoms with E-state index in [1.54, 1.807) is 12.3 Å². The van der Waals surface area contributed by atoms with Crippen LogP contribution in [0, 0.1) is 10.5 Å². The van der Waals surface area contributed by atoms with Crippen molar-refractivity contribution in [1.29, 1.82) is 0 Å². The Morgan fingerprint density at radius 1 is 1.30 bits per heavy atom. The van der Waals surface area contributed by atoms with E-state index in [2.05, 4.69) is 37.9 Å². The number of aromatic nitrogens is 2. The molecule has 8 heteroatoms. The molecule has 3 rings (SSSR count). The second kappa shape index (κ2) is 9.07. The molecule has 0 aliphatic heterocycles. The van der Waals surface area contributed by atoms with Crippen LogP contribution in [-0.2, 0) is 11.3 Å². The number of amides is 1. The Morgan fingerprint density at radius 3 is 2.81 bits per heavy atom. The first kappa shape index (κ1) is 20.2. The Balaban J connectivity index is 1.71. The molecule has 0 saturated heterocycles. The SMILES string of the molecule is CSC(Oc1cc(C)c2ncc(I)cc2c1)C(=O)NCc1ccc(Cl)nc1. The van der Waals surface area contributed by atoms with Crippen molar-refractivity contribution in [3.05, 3.63) is 62.6 Å². The Hall–Kier alpha value is -1.58. The summed E-state index contributed by atoms with van der Waals surface area (Å²) in [4.78, 5) is 21.0. The number of carbonyl (C=O) groups is 1. The van der Waals surface area contributed by atoms with Gasteiger partial charge in [-0.3, -0.25) is 9.78 Å². The predicted octanol–water partition coefficient (Wildman–Crippen LogP) is 4.58. The molecule has 0 spiro atoms. The van der Waals surface area contributed by atoms with E-state index in [0.717, 1.165) is 25.6 Å². The quantitative estimate of drug-likeness (QED) is 0.297. The average molecular weight is 514 g/mol. The third kappa shape index (κ3) is 5.24. The van der Waals surface area contributed by atoms with Gasteiger partial charge in [0, 0.05) is 27.9 Å². The van der Waals surface area contributed by atoms with Crippen LogP contribution in [0.25, 0.3) is 10.9 Å². The lowest BCUT2D eigenvalue weighted by Crippen LogP contribution is -2.35. The maximum atomic E-state index is 12.5. The number of fused-ring (bicyclic) bond motifs is 1. The van der Waals surface area contributed by atoms with Gasteiger partial charge in [-0.05, 0) is 71.2 Å². The Morgan fingerprint density at radius 2 is 2.11 bits per heavy atom. The smallest absolute Gasteiger partial charge is 0.272 e. The number of benzene rings is 1. The summed E-state index contributed by atoms with van der Waals surface area (Å²) in [5.41, 5.74) is 2.15. The van der Waals surface area contributed by atoms with Crippen LogP contribution in [0.4, 0.5) is 0 Å². The first-order chi connectivity index (χ1) is 13.0. The zero-order valence-electron chi connectivity index (χ0n) is 14.7. The number of pyridine rings is 2. The van der Waals surface area contributed by atoms with Gasteiger partial charge in [-0.2, -0.15) is 0 Å². The second-order valence-corrected chi connectivity index (χ2v) is 8.39. The number of aryl methyl sites for hydroxylation is 1. The molecule has 0 radical (unpaired) electrons. The van der Waals surface area contributed by atoms with E-state index in [0.29, 0.717) is 17.4 Å². The van der Waals surface area contributed by atoms with E-state index >= 15 is 0 Å². The van der Waals surface area contributed by atoms with Gasteiger partial charge < -0.3 is 10.1 Å². The average Bonchev–Trinajstić information content (AvgIpc) is 2.65. The third-order valence-electron chi connectivity index (χ3n) is 3.84. The van der Waals surface area contributed by atoms with Crippen molar-refractivity contribution in [2.75, 3.05) is 6.26 Å². The lowest BCUT2D eigenvalue weighted by atomic mass is 10.1. The molecule has 0 saturated carbocycles. The van der Waals surface area contributed by atoms with Gasteiger partial charge in [0.05, 0.1) is 5.52 Å². The number of carbonyl (C=O) groups excluding carboxylic acids is 1. The number of hydrogen-bond acceptors (Lipinski definition) is 5. The first-order valence-electron chi connectivity index (χ1n) is 8.10. The number of ether oxygens (including phenoxy) is 1. The van der Waals surface area contributed by atoms with Crippen LogP contribution in [0.1, 0.15) is 11.1 Å². The second-order valence-electron chi connectivity index (χ2n) is 5.86. The Kier molecular flexibility index (Phi) is 6.78. The summed E-state index contributed by atoms with van der Waals surface area (Å²) in [7, 11) is 0. The molecule has 0 aliphatic carbocycles. The minimum Gasteiger partial charge on any atom is -0.470 e. The van der Waals surface area contributed by atoms with Crippen LogP contribution in [0.3, 0.4) is 0 Å². The molecule has 1 amide bonds. The number of halogens is 2. The van der Waals surface area contributed by atoms with Crippen LogP contribution < -0.4 is 10.1 Å². The van der Waals surface area contributed by atoms with E-state index in [9.17, 15) is 4.79 Å². The predicted molar refractivity (Wildman–Crippen MR) is 118 cm³/mol. The van der Waals surface area contributed by atoms with Gasteiger partial charge in [0.15, 0.2) is 0 Å². The molecule has 3 aromatic rings. The monoisotopic (exact) mass is 513 g/mol. The van der Waals surface area contributed by atoms with Crippen LogP contribution in [0.15, 0.2) is 42.7 Å². The zero-order valence-corrected chi connectivity index (χ0v) is 18.4. The van der Waals surface area contributed by atoms with E-state index in [1.165, 1.54) is 11.8 Å². The molecule has 0 fully saturated rings. The number of rotatable bonds is 6. The van der Waals surface area contributed by atoms with Gasteiger partial charge >= 0.3 is 0 Å². The third-order valence-corrected chi connectivity index (χ3v) is 5.39. The van der Waals surface area contributed by atoms with Crippen molar-refractivity contribution in [2.45, 2.75) is 18.9 Å². The van der Waals surface area contributed by atoms with Gasteiger partial charge in [-0.25, -0.2) is 4.98 Å². The lowest BCUT2D eigenvalue weighted by Gasteiger charge is -2.17. The summed E-state index contributed by atoms with van der Waals surface area (Å²) < 4.78 is 6.99. The van der Waals surface area contributed by atoms with Crippen molar-refractivity contribution < 1.29 is 9.53 Å². The first-order valence-corrected chi connectivity index (χ1v) is 10.8. The number of nitrogens with zero attached hydrogens (tertiary/aromatic N) is 2. The summed E-state index contributed by atoms with van der Waals surface area (Å²) in [6.45, 7) is 2.35. The molecular formula is C19H17ClIN3O2S. The molecule has 1 N–H and O–H groups in total. The summed E-state index contributed by atoms with van der Waals surface area (Å²) in [6, 6.07) is 9.38. The molecule has 0 aliphatic rings. The number of hydrogen-bond donors (Lipinski definition) is 1. The molecule has 2 aromatic heterocycles. The molecule has 1 unspecified atom stereocenters. The summed E-state index contributed by atoms with van der Waals surface area (Å²) in [6.07, 6.45) is 5.31. The normalized spacial score (nSPS) is 12.0. The van der Waals surface area contributed by atoms with Gasteiger partial charge in [0.1, 0.15) is 10.9 Å². The van der Waals surface area contributed by atoms with Crippen LogP contribution >= 0.6 is 46.0 Å². The van der Waals surface area contributed by atoms with E-state index < -0.39 is 5.44 Å². The largest absolute Gasteiger partial charge is 0.470 e. The highest BCUT2D eigenvalue weighted by Crippen LogP contribution is 2.26. The van der Waals surface area contributed by atoms with E-state index in [-0.39, 0.29) is 5.91 Å². The van der Waals surface area contributed by atoms with Crippen molar-refractivity contribution in [2.24, 2.45) is 0 Å². The summed E-state index contributed by atoms with van der Waals surface area (Å²) in [5, 5.41) is 4.28. The topological polar surface area (TPSA) is 64.1 Å². The van der Waals surface area contributed by atoms with Gasteiger partial charge in [-0.1, -0.05) is 17.7 Å². The van der Waals surface area contributed by atoms with Gasteiger partial charge in [0.2, 0.25) is 5.44 Å². The fourth-order valence-corrected chi connectivity index (χ4v) is 3.65. The fraction of sp³-hybridized carbons (Fsp3) is 0.211. The van der Waals surface area contributed by atoms with Crippen molar-refractivity contribution >= 4 is 62.8 Å². The van der Waals surface area contributed by atoms with Crippen molar-refractivity contribution in [3.63, 3.8) is 0 Å². The van der Waals surface area contributed by atoms with Crippen molar-refractivity contribution in [1.82, 2.24) is 15.3 Å². The standard InChI is InChI=1S/C19H17ClIN3O2S/c1-11-5-15(7-13-6-14(21)10-23-17(11)13)26-19(27-2)18(25)24-9-12-3-4-16(20)22-8-12/h3-8,10,19H,9H2,1-2H3,(H,24,25). The summed E-state index contributed by atoms with van der Waals surface area (Å²) >= 11 is 9.34. The fourth-order valence-electron chi connectivity index (χ4n) is 2.55. The molecular weight excluding hydrogens is 497 g/mol. The maximum absolute atomic E-state index is 12.5. The number of nitrogens with one attached hydrogen (secondary N) is 1. The highest BCUT2D eigenvalue weighted by Gasteiger charge is 2.19. The van der Waals surface area contributed by atoms with Crippen LogP contribution in [0.5, 0.6) is 5.75 Å². The Labute approximate surface area is 180 Å². The van der Waals surface area contributed by atoms with Crippen molar-refractivity contribution in [3.8, 4) is 5.75 Å². The Bertz CT molecular complexity index is 969. The molecule has 5 nitrogen and oxygen atoms in total. The molecule has 27 heavy (non-hydrogen) atoms. The maximum Gasteiger partial charge on any atom is 0.272 e. The molecule has 2 heterocycles. The minimum atomic E-state index is -0.655. The lowest BCUT2D eigenvalue weighted by molar-refractivity contribution is -0.124. The highest BCUT2D eigenvalue weighted by atomic mass is 127. The van der Waals surface area contributed by atoms with E-state index in [4.69, 9.17) is 16.3 Å². The molecule has 1 aromatic carbocycles. The highest BCUT2D eigenvalue weighted by molar-refractivity contribution is 14.1.